The van der Waals surface area contributed by atoms with Crippen LogP contribution in [0.3, 0.4) is 0 Å². The molecule has 0 radical (unpaired) electrons. The van der Waals surface area contributed by atoms with E-state index in [1.165, 1.54) is 12.3 Å². The van der Waals surface area contributed by atoms with E-state index in [2.05, 4.69) is 4.98 Å². The van der Waals surface area contributed by atoms with Crippen molar-refractivity contribution in [2.75, 3.05) is 0 Å². The predicted molar refractivity (Wildman–Crippen MR) is 45.3 cm³/mol. The van der Waals surface area contributed by atoms with Crippen molar-refractivity contribution in [3.63, 3.8) is 0 Å². The van der Waals surface area contributed by atoms with Gasteiger partial charge < -0.3 is 0 Å². The smallest absolute Gasteiger partial charge is 0.235 e. The van der Waals surface area contributed by atoms with E-state index in [1.54, 1.807) is 12.1 Å². The minimum atomic E-state index is -0.533. The number of aromatic nitrogens is 1. The molecule has 12 heavy (non-hydrogen) atoms. The lowest BCUT2D eigenvalue weighted by molar-refractivity contribution is -0.400. The Morgan fingerprint density at radius 3 is 2.83 bits per heavy atom. The molecule has 0 aliphatic rings. The first-order valence-corrected chi connectivity index (χ1v) is 3.49. The van der Waals surface area contributed by atoms with Gasteiger partial charge >= 0.3 is 0 Å². The van der Waals surface area contributed by atoms with Gasteiger partial charge in [0.05, 0.1) is 4.92 Å². The third kappa shape index (κ3) is 2.67. The maximum absolute atomic E-state index is 9.91. The van der Waals surface area contributed by atoms with E-state index in [1.807, 2.05) is 0 Å². The first kappa shape index (κ1) is 8.67. The molecule has 0 N–H and O–H groups in total. The number of pyridine rings is 1. The van der Waals surface area contributed by atoms with Gasteiger partial charge in [-0.1, -0.05) is 17.7 Å². The van der Waals surface area contributed by atoms with Gasteiger partial charge in [0.1, 0.15) is 5.15 Å². The maximum atomic E-state index is 9.91. The fourth-order valence-corrected chi connectivity index (χ4v) is 0.745. The van der Waals surface area contributed by atoms with Crippen molar-refractivity contribution in [1.82, 2.24) is 4.98 Å². The normalized spacial score (nSPS) is 10.4. The van der Waals surface area contributed by atoms with E-state index < -0.39 is 4.92 Å². The summed E-state index contributed by atoms with van der Waals surface area (Å²) in [7, 11) is 0. The molecule has 0 saturated heterocycles. The van der Waals surface area contributed by atoms with Crippen LogP contribution in [0.5, 0.6) is 0 Å². The van der Waals surface area contributed by atoms with Gasteiger partial charge in [0.15, 0.2) is 0 Å². The Hall–Kier alpha value is -1.42. The monoisotopic (exact) mass is 184 g/mol. The van der Waals surface area contributed by atoms with Crippen LogP contribution in [0, 0.1) is 10.1 Å². The van der Waals surface area contributed by atoms with Crippen LogP contribution in [0.2, 0.25) is 5.15 Å². The highest BCUT2D eigenvalue weighted by atomic mass is 35.5. The molecule has 0 aromatic carbocycles. The van der Waals surface area contributed by atoms with Crippen LogP contribution in [0.15, 0.2) is 24.5 Å². The van der Waals surface area contributed by atoms with Crippen molar-refractivity contribution in [2.45, 2.75) is 0 Å². The van der Waals surface area contributed by atoms with E-state index in [0.29, 0.717) is 10.7 Å². The lowest BCUT2D eigenvalue weighted by atomic mass is 10.3. The molecule has 0 aliphatic carbocycles. The summed E-state index contributed by atoms with van der Waals surface area (Å²) < 4.78 is 0. The molecule has 1 heterocycles. The quantitative estimate of drug-likeness (QED) is 0.401. The van der Waals surface area contributed by atoms with Crippen molar-refractivity contribution in [3.8, 4) is 0 Å². The summed E-state index contributed by atoms with van der Waals surface area (Å²) >= 11 is 5.51. The summed E-state index contributed by atoms with van der Waals surface area (Å²) in [5, 5.41) is 10.3. The van der Waals surface area contributed by atoms with Crippen molar-refractivity contribution >= 4 is 17.7 Å². The Morgan fingerprint density at radius 1 is 1.58 bits per heavy atom. The van der Waals surface area contributed by atoms with Gasteiger partial charge in [-0.15, -0.1) is 0 Å². The minimum Gasteiger partial charge on any atom is -0.259 e. The fraction of sp³-hybridized carbons (Fsp3) is 0. The number of rotatable bonds is 2. The molecule has 0 aliphatic heterocycles. The number of nitrogens with zero attached hydrogens (tertiary/aromatic N) is 2. The molecule has 0 fully saturated rings. The highest BCUT2D eigenvalue weighted by molar-refractivity contribution is 6.29. The number of hydrogen-bond donors (Lipinski definition) is 0. The van der Waals surface area contributed by atoms with Crippen molar-refractivity contribution in [3.05, 3.63) is 45.4 Å². The van der Waals surface area contributed by atoms with Gasteiger partial charge in [-0.2, -0.15) is 0 Å². The van der Waals surface area contributed by atoms with Crippen LogP contribution in [-0.2, 0) is 0 Å². The van der Waals surface area contributed by atoms with Crippen molar-refractivity contribution in [1.29, 1.82) is 0 Å². The van der Waals surface area contributed by atoms with Crippen LogP contribution >= 0.6 is 11.6 Å². The average molecular weight is 185 g/mol. The molecule has 1 aromatic heterocycles. The van der Waals surface area contributed by atoms with Gasteiger partial charge in [0.2, 0.25) is 6.20 Å². The van der Waals surface area contributed by atoms with Gasteiger partial charge in [-0.3, -0.25) is 10.1 Å². The molecule has 1 rings (SSSR count). The Kier molecular flexibility index (Phi) is 2.76. The molecule has 62 valence electrons. The largest absolute Gasteiger partial charge is 0.259 e. The molecule has 0 bridgehead atoms. The van der Waals surface area contributed by atoms with Gasteiger partial charge in [-0.05, 0) is 11.6 Å². The van der Waals surface area contributed by atoms with Crippen LogP contribution in [0.25, 0.3) is 6.08 Å². The summed E-state index contributed by atoms with van der Waals surface area (Å²) in [5.74, 6) is 0. The van der Waals surface area contributed by atoms with E-state index >= 15 is 0 Å². The second-order valence-electron chi connectivity index (χ2n) is 2.02. The predicted octanol–water partition coefficient (Wildman–Crippen LogP) is 1.98. The summed E-state index contributed by atoms with van der Waals surface area (Å²) in [4.78, 5) is 13.1. The third-order valence-electron chi connectivity index (χ3n) is 1.14. The number of halogens is 1. The third-order valence-corrected chi connectivity index (χ3v) is 1.36. The van der Waals surface area contributed by atoms with Gasteiger partial charge in [-0.25, -0.2) is 4.98 Å². The van der Waals surface area contributed by atoms with E-state index in [9.17, 15) is 10.1 Å². The van der Waals surface area contributed by atoms with E-state index in [-0.39, 0.29) is 0 Å². The summed E-state index contributed by atoms with van der Waals surface area (Å²) in [5.41, 5.74) is 0.649. The lowest BCUT2D eigenvalue weighted by Gasteiger charge is -1.89. The zero-order valence-electron chi connectivity index (χ0n) is 5.98. The zero-order valence-corrected chi connectivity index (χ0v) is 6.73. The van der Waals surface area contributed by atoms with Gasteiger partial charge in [0, 0.05) is 12.3 Å². The lowest BCUT2D eigenvalue weighted by Crippen LogP contribution is -1.83. The van der Waals surface area contributed by atoms with Crippen LogP contribution in [0.4, 0.5) is 0 Å². The second-order valence-corrected chi connectivity index (χ2v) is 2.40. The SMILES string of the molecule is O=[N+]([O-])C=Cc1ccc(Cl)nc1. The van der Waals surface area contributed by atoms with E-state index in [4.69, 9.17) is 11.6 Å². The molecule has 1 aromatic rings. The first-order chi connectivity index (χ1) is 5.68. The van der Waals surface area contributed by atoms with Crippen LogP contribution in [-0.4, -0.2) is 9.91 Å². The Morgan fingerprint density at radius 2 is 2.33 bits per heavy atom. The molecule has 4 nitrogen and oxygen atoms in total. The Labute approximate surface area is 73.6 Å². The van der Waals surface area contributed by atoms with Crippen molar-refractivity contribution in [2.24, 2.45) is 0 Å². The minimum absolute atomic E-state index is 0.369. The topological polar surface area (TPSA) is 56.0 Å². The maximum Gasteiger partial charge on any atom is 0.235 e. The molecule has 0 spiro atoms. The number of nitro groups is 1. The summed E-state index contributed by atoms with van der Waals surface area (Å²) in [6, 6.07) is 3.22. The summed E-state index contributed by atoms with van der Waals surface area (Å²) in [6.07, 6.45) is 3.66. The average Bonchev–Trinajstić information content (AvgIpc) is 2.03. The van der Waals surface area contributed by atoms with Crippen LogP contribution in [0.1, 0.15) is 5.56 Å². The Balaban J connectivity index is 2.77. The molecule has 5 heteroatoms. The standard InChI is InChI=1S/C7H5ClN2O2/c8-7-2-1-6(5-9-7)3-4-10(11)12/h1-5H. The molecular formula is C7H5ClN2O2. The molecule has 0 atom stereocenters. The molecule has 0 unspecified atom stereocenters. The fourth-order valence-electron chi connectivity index (χ4n) is 0.633. The molecule has 0 amide bonds. The Bertz CT molecular complexity index is 308. The highest BCUT2D eigenvalue weighted by Crippen LogP contribution is 2.06. The molecule has 0 saturated carbocycles. The van der Waals surface area contributed by atoms with Crippen LogP contribution < -0.4 is 0 Å². The van der Waals surface area contributed by atoms with Gasteiger partial charge in [0.25, 0.3) is 0 Å². The molecular weight excluding hydrogens is 180 g/mol. The highest BCUT2D eigenvalue weighted by Gasteiger charge is 1.90. The first-order valence-electron chi connectivity index (χ1n) is 3.12. The second kappa shape index (κ2) is 3.82. The van der Waals surface area contributed by atoms with Crippen molar-refractivity contribution < 1.29 is 4.92 Å². The van der Waals surface area contributed by atoms with E-state index in [0.717, 1.165) is 6.20 Å². The number of hydrogen-bond acceptors (Lipinski definition) is 3. The zero-order chi connectivity index (χ0) is 8.97. The summed E-state index contributed by atoms with van der Waals surface area (Å²) in [6.45, 7) is 0.